The molecule has 2 rings (SSSR count). The summed E-state index contributed by atoms with van der Waals surface area (Å²) < 4.78 is 5.55. The third kappa shape index (κ3) is 3.36. The Bertz CT molecular complexity index is 269. The van der Waals surface area contributed by atoms with Crippen molar-refractivity contribution in [3.8, 4) is 0 Å². The Morgan fingerprint density at radius 2 is 2.35 bits per heavy atom. The van der Waals surface area contributed by atoms with E-state index >= 15 is 0 Å². The molecule has 2 heterocycles. The molecule has 5 heteroatoms. The van der Waals surface area contributed by atoms with Crippen LogP contribution in [0.3, 0.4) is 0 Å². The smallest absolute Gasteiger partial charge is 0.224 e. The number of ether oxygens (including phenoxy) is 1. The first-order chi connectivity index (χ1) is 8.18. The molecule has 0 radical (unpaired) electrons. The van der Waals surface area contributed by atoms with Crippen LogP contribution in [0.5, 0.6) is 0 Å². The van der Waals surface area contributed by atoms with Gasteiger partial charge in [-0.05, 0) is 13.8 Å². The van der Waals surface area contributed by atoms with Crippen molar-refractivity contribution in [3.05, 3.63) is 0 Å². The van der Waals surface area contributed by atoms with Crippen LogP contribution in [0.25, 0.3) is 0 Å². The van der Waals surface area contributed by atoms with E-state index in [-0.39, 0.29) is 18.1 Å². The fraction of sp³-hybridized carbons (Fsp3) is 0.917. The van der Waals surface area contributed by atoms with Crippen LogP contribution in [0.1, 0.15) is 20.3 Å². The molecule has 0 unspecified atom stereocenters. The van der Waals surface area contributed by atoms with Gasteiger partial charge in [0, 0.05) is 37.1 Å². The lowest BCUT2D eigenvalue weighted by Crippen LogP contribution is -2.53. The number of hydrogen-bond donors (Lipinski definition) is 1. The molecule has 0 bridgehead atoms. The van der Waals surface area contributed by atoms with Crippen LogP contribution in [0.4, 0.5) is 0 Å². The molecule has 1 amide bonds. The summed E-state index contributed by atoms with van der Waals surface area (Å²) in [5.41, 5.74) is 0. The highest BCUT2D eigenvalue weighted by atomic mass is 32.2. The number of hydrogen-bond acceptors (Lipinski definition) is 4. The molecule has 4 nitrogen and oxygen atoms in total. The molecule has 0 aliphatic carbocycles. The number of rotatable bonds is 2. The van der Waals surface area contributed by atoms with E-state index in [1.54, 1.807) is 0 Å². The second-order valence-corrected chi connectivity index (χ2v) is 5.98. The van der Waals surface area contributed by atoms with Crippen LogP contribution in [0.15, 0.2) is 0 Å². The number of nitrogens with zero attached hydrogens (tertiary/aromatic N) is 1. The van der Waals surface area contributed by atoms with Gasteiger partial charge in [0.2, 0.25) is 5.91 Å². The minimum Gasteiger partial charge on any atom is -0.375 e. The van der Waals surface area contributed by atoms with E-state index in [4.69, 9.17) is 4.74 Å². The maximum absolute atomic E-state index is 12.2. The molecule has 2 aliphatic rings. The summed E-state index contributed by atoms with van der Waals surface area (Å²) in [5.74, 6) is 2.49. The zero-order valence-corrected chi connectivity index (χ0v) is 11.5. The molecule has 2 fully saturated rings. The Kier molecular flexibility index (Phi) is 4.70. The Balaban J connectivity index is 1.85. The number of nitrogens with one attached hydrogen (secondary N) is 1. The van der Waals surface area contributed by atoms with E-state index < -0.39 is 0 Å². The van der Waals surface area contributed by atoms with Gasteiger partial charge in [-0.2, -0.15) is 11.8 Å². The zero-order valence-electron chi connectivity index (χ0n) is 10.6. The first-order valence-corrected chi connectivity index (χ1v) is 7.56. The van der Waals surface area contributed by atoms with E-state index in [0.29, 0.717) is 19.1 Å². The second kappa shape index (κ2) is 6.07. The van der Waals surface area contributed by atoms with Crippen molar-refractivity contribution in [1.82, 2.24) is 10.2 Å². The van der Waals surface area contributed by atoms with Gasteiger partial charge in [-0.25, -0.2) is 0 Å². The Hall–Kier alpha value is -0.260. The Morgan fingerprint density at radius 1 is 1.53 bits per heavy atom. The van der Waals surface area contributed by atoms with Gasteiger partial charge in [0.1, 0.15) is 0 Å². The van der Waals surface area contributed by atoms with Crippen LogP contribution >= 0.6 is 11.8 Å². The molecule has 0 saturated carbocycles. The van der Waals surface area contributed by atoms with Crippen molar-refractivity contribution in [3.63, 3.8) is 0 Å². The SMILES string of the molecule is C[C@@H]1OCCN(C(=O)C[C@@H]2CSCCN2)[C@H]1C. The lowest BCUT2D eigenvalue weighted by Gasteiger charge is -2.38. The van der Waals surface area contributed by atoms with Gasteiger partial charge in [0.15, 0.2) is 0 Å². The first-order valence-electron chi connectivity index (χ1n) is 6.40. The standard InChI is InChI=1S/C12H22N2O2S/c1-9-10(2)16-5-4-14(9)12(15)7-11-8-17-6-3-13-11/h9-11,13H,3-8H2,1-2H3/t9-,10-,11+/m0/s1. The molecule has 0 aromatic rings. The third-order valence-corrected chi connectivity index (χ3v) is 4.75. The topological polar surface area (TPSA) is 41.6 Å². The van der Waals surface area contributed by atoms with Gasteiger partial charge in [0.05, 0.1) is 18.8 Å². The first kappa shape index (κ1) is 13.2. The molecular weight excluding hydrogens is 236 g/mol. The normalized spacial score (nSPS) is 34.7. The van der Waals surface area contributed by atoms with Crippen LogP contribution in [0.2, 0.25) is 0 Å². The average molecular weight is 258 g/mol. The molecular formula is C12H22N2O2S. The van der Waals surface area contributed by atoms with E-state index in [0.717, 1.165) is 24.6 Å². The van der Waals surface area contributed by atoms with Crippen molar-refractivity contribution in [2.24, 2.45) is 0 Å². The molecule has 0 spiro atoms. The molecule has 0 aromatic carbocycles. The number of thioether (sulfide) groups is 1. The van der Waals surface area contributed by atoms with Gasteiger partial charge in [-0.1, -0.05) is 0 Å². The fourth-order valence-electron chi connectivity index (χ4n) is 2.36. The summed E-state index contributed by atoms with van der Waals surface area (Å²) in [4.78, 5) is 14.2. The molecule has 3 atom stereocenters. The van der Waals surface area contributed by atoms with Gasteiger partial charge in [-0.15, -0.1) is 0 Å². The van der Waals surface area contributed by atoms with Crippen LogP contribution in [-0.2, 0) is 9.53 Å². The summed E-state index contributed by atoms with van der Waals surface area (Å²) in [6, 6.07) is 0.555. The highest BCUT2D eigenvalue weighted by molar-refractivity contribution is 7.99. The summed E-state index contributed by atoms with van der Waals surface area (Å²) in [6.45, 7) is 6.55. The summed E-state index contributed by atoms with van der Waals surface area (Å²) in [6.07, 6.45) is 0.783. The maximum atomic E-state index is 12.2. The third-order valence-electron chi connectivity index (χ3n) is 3.62. The van der Waals surface area contributed by atoms with Crippen molar-refractivity contribution in [1.29, 1.82) is 0 Å². The summed E-state index contributed by atoms with van der Waals surface area (Å²) >= 11 is 1.94. The van der Waals surface area contributed by atoms with Crippen LogP contribution < -0.4 is 5.32 Å². The van der Waals surface area contributed by atoms with Crippen molar-refractivity contribution in [2.75, 3.05) is 31.2 Å². The maximum Gasteiger partial charge on any atom is 0.224 e. The average Bonchev–Trinajstić information content (AvgIpc) is 2.34. The Morgan fingerprint density at radius 3 is 3.06 bits per heavy atom. The van der Waals surface area contributed by atoms with Crippen molar-refractivity contribution in [2.45, 2.75) is 38.5 Å². The molecule has 1 N–H and O–H groups in total. The number of carbonyl (C=O) groups is 1. The highest BCUT2D eigenvalue weighted by Gasteiger charge is 2.30. The molecule has 0 aromatic heterocycles. The van der Waals surface area contributed by atoms with E-state index in [9.17, 15) is 4.79 Å². The predicted octanol–water partition coefficient (Wildman–Crippen LogP) is 0.717. The van der Waals surface area contributed by atoms with Gasteiger partial charge in [0.25, 0.3) is 0 Å². The lowest BCUT2D eigenvalue weighted by molar-refractivity contribution is -0.144. The largest absolute Gasteiger partial charge is 0.375 e. The van der Waals surface area contributed by atoms with Gasteiger partial charge in [-0.3, -0.25) is 4.79 Å². The number of carbonyl (C=O) groups excluding carboxylic acids is 1. The van der Waals surface area contributed by atoms with Gasteiger partial charge < -0.3 is 15.0 Å². The highest BCUT2D eigenvalue weighted by Crippen LogP contribution is 2.17. The van der Waals surface area contributed by atoms with E-state index in [1.165, 1.54) is 0 Å². The van der Waals surface area contributed by atoms with Crippen molar-refractivity contribution < 1.29 is 9.53 Å². The van der Waals surface area contributed by atoms with E-state index in [2.05, 4.69) is 12.2 Å². The number of amides is 1. The second-order valence-electron chi connectivity index (χ2n) is 4.83. The predicted molar refractivity (Wildman–Crippen MR) is 70.3 cm³/mol. The lowest BCUT2D eigenvalue weighted by atomic mass is 10.1. The van der Waals surface area contributed by atoms with Crippen molar-refractivity contribution >= 4 is 17.7 Å². The number of morpholine rings is 1. The van der Waals surface area contributed by atoms with E-state index in [1.807, 2.05) is 23.6 Å². The molecule has 17 heavy (non-hydrogen) atoms. The minimum absolute atomic E-state index is 0.154. The quantitative estimate of drug-likeness (QED) is 0.792. The monoisotopic (exact) mass is 258 g/mol. The van der Waals surface area contributed by atoms with Crippen LogP contribution in [-0.4, -0.2) is 60.2 Å². The molecule has 98 valence electrons. The molecule has 2 saturated heterocycles. The zero-order chi connectivity index (χ0) is 12.3. The van der Waals surface area contributed by atoms with Gasteiger partial charge >= 0.3 is 0 Å². The minimum atomic E-state index is 0.154. The Labute approximate surface area is 107 Å². The fourth-order valence-corrected chi connectivity index (χ4v) is 3.31. The van der Waals surface area contributed by atoms with Crippen LogP contribution in [0, 0.1) is 0 Å². The summed E-state index contributed by atoms with van der Waals surface area (Å²) in [7, 11) is 0. The molecule has 2 aliphatic heterocycles. The summed E-state index contributed by atoms with van der Waals surface area (Å²) in [5, 5.41) is 3.42.